The first-order chi connectivity index (χ1) is 9.95. The number of hydrogen-bond donors (Lipinski definition) is 2. The van der Waals surface area contributed by atoms with Crippen LogP contribution in [0.4, 0.5) is 18.9 Å². The van der Waals surface area contributed by atoms with E-state index in [1.165, 1.54) is 12.1 Å². The summed E-state index contributed by atoms with van der Waals surface area (Å²) in [4.78, 5) is 12.1. The van der Waals surface area contributed by atoms with Gasteiger partial charge in [-0.05, 0) is 37.5 Å². The lowest BCUT2D eigenvalue weighted by Crippen LogP contribution is -2.15. The standard InChI is InChI=1S/C14H12F3N3O/c15-14(16,17)8-3-1-4-9(7-8)18-13(21)12-10-5-2-6-11(10)19-20-12/h1,3-4,7H,2,5-6H2,(H,18,21)(H,19,20). The van der Waals surface area contributed by atoms with Gasteiger partial charge in [-0.15, -0.1) is 0 Å². The third kappa shape index (κ3) is 2.63. The lowest BCUT2D eigenvalue weighted by Gasteiger charge is -2.09. The minimum Gasteiger partial charge on any atom is -0.321 e. The molecule has 1 amide bonds. The Morgan fingerprint density at radius 2 is 2.10 bits per heavy atom. The van der Waals surface area contributed by atoms with E-state index in [4.69, 9.17) is 0 Å². The summed E-state index contributed by atoms with van der Waals surface area (Å²) < 4.78 is 37.9. The Labute approximate surface area is 118 Å². The number of amides is 1. The third-order valence-electron chi connectivity index (χ3n) is 3.47. The van der Waals surface area contributed by atoms with Gasteiger partial charge in [0.15, 0.2) is 5.69 Å². The van der Waals surface area contributed by atoms with Crippen molar-refractivity contribution < 1.29 is 18.0 Å². The highest BCUT2D eigenvalue weighted by Crippen LogP contribution is 2.31. The number of anilines is 1. The quantitative estimate of drug-likeness (QED) is 0.894. The second kappa shape index (κ2) is 4.91. The van der Waals surface area contributed by atoms with Crippen LogP contribution in [0.3, 0.4) is 0 Å². The summed E-state index contributed by atoms with van der Waals surface area (Å²) in [6, 6.07) is 4.54. The summed E-state index contributed by atoms with van der Waals surface area (Å²) in [7, 11) is 0. The number of carbonyl (C=O) groups excluding carboxylic acids is 1. The van der Waals surface area contributed by atoms with Gasteiger partial charge in [-0.3, -0.25) is 9.89 Å². The number of H-pyrrole nitrogens is 1. The highest BCUT2D eigenvalue weighted by Gasteiger charge is 2.30. The molecule has 4 nitrogen and oxygen atoms in total. The number of halogens is 3. The van der Waals surface area contributed by atoms with E-state index in [0.29, 0.717) is 0 Å². The molecule has 0 radical (unpaired) electrons. The molecule has 2 N–H and O–H groups in total. The number of fused-ring (bicyclic) bond motifs is 1. The molecular weight excluding hydrogens is 283 g/mol. The van der Waals surface area contributed by atoms with E-state index in [-0.39, 0.29) is 11.4 Å². The lowest BCUT2D eigenvalue weighted by molar-refractivity contribution is -0.137. The van der Waals surface area contributed by atoms with Crippen LogP contribution in [0.1, 0.15) is 33.7 Å². The Morgan fingerprint density at radius 1 is 1.29 bits per heavy atom. The zero-order chi connectivity index (χ0) is 15.0. The molecule has 1 aromatic carbocycles. The van der Waals surface area contributed by atoms with Crippen molar-refractivity contribution in [2.24, 2.45) is 0 Å². The van der Waals surface area contributed by atoms with Crippen molar-refractivity contribution in [2.75, 3.05) is 5.32 Å². The molecule has 110 valence electrons. The maximum atomic E-state index is 12.6. The average Bonchev–Trinajstić information content (AvgIpc) is 2.99. The monoisotopic (exact) mass is 295 g/mol. The molecule has 0 bridgehead atoms. The zero-order valence-corrected chi connectivity index (χ0v) is 10.9. The first-order valence-corrected chi connectivity index (χ1v) is 6.50. The molecule has 0 atom stereocenters. The van der Waals surface area contributed by atoms with E-state index in [0.717, 1.165) is 42.7 Å². The first-order valence-electron chi connectivity index (χ1n) is 6.50. The van der Waals surface area contributed by atoms with Gasteiger partial charge >= 0.3 is 6.18 Å². The molecule has 0 unspecified atom stereocenters. The fraction of sp³-hybridized carbons (Fsp3) is 0.286. The molecule has 0 saturated heterocycles. The van der Waals surface area contributed by atoms with Crippen LogP contribution in [0.25, 0.3) is 0 Å². The smallest absolute Gasteiger partial charge is 0.321 e. The number of nitrogens with zero attached hydrogens (tertiary/aromatic N) is 1. The van der Waals surface area contributed by atoms with Crippen LogP contribution in [-0.4, -0.2) is 16.1 Å². The van der Waals surface area contributed by atoms with Gasteiger partial charge in [-0.25, -0.2) is 0 Å². The van der Waals surface area contributed by atoms with Crippen LogP contribution < -0.4 is 5.32 Å². The lowest BCUT2D eigenvalue weighted by atomic mass is 10.1. The molecule has 0 spiro atoms. The van der Waals surface area contributed by atoms with Gasteiger partial charge in [0, 0.05) is 16.9 Å². The number of rotatable bonds is 2. The van der Waals surface area contributed by atoms with Crippen LogP contribution in [-0.2, 0) is 19.0 Å². The van der Waals surface area contributed by atoms with E-state index >= 15 is 0 Å². The number of hydrogen-bond acceptors (Lipinski definition) is 2. The molecule has 3 rings (SSSR count). The van der Waals surface area contributed by atoms with Crippen LogP contribution in [0, 0.1) is 0 Å². The summed E-state index contributed by atoms with van der Waals surface area (Å²) in [5.41, 5.74) is 1.36. The van der Waals surface area contributed by atoms with E-state index < -0.39 is 17.6 Å². The molecule has 2 aromatic rings. The molecule has 0 fully saturated rings. The minimum atomic E-state index is -4.44. The minimum absolute atomic E-state index is 0.101. The van der Waals surface area contributed by atoms with Gasteiger partial charge in [-0.1, -0.05) is 6.07 Å². The topological polar surface area (TPSA) is 57.8 Å². The molecule has 21 heavy (non-hydrogen) atoms. The number of aryl methyl sites for hydroxylation is 1. The molecule has 1 aliphatic rings. The molecule has 7 heteroatoms. The second-order valence-corrected chi connectivity index (χ2v) is 4.92. The highest BCUT2D eigenvalue weighted by molar-refractivity contribution is 6.04. The van der Waals surface area contributed by atoms with Gasteiger partial charge in [-0.2, -0.15) is 18.3 Å². The number of aromatic amines is 1. The Kier molecular flexibility index (Phi) is 3.19. The summed E-state index contributed by atoms with van der Waals surface area (Å²) in [5, 5.41) is 9.21. The number of benzene rings is 1. The Bertz CT molecular complexity index is 691. The number of nitrogens with one attached hydrogen (secondary N) is 2. The van der Waals surface area contributed by atoms with Gasteiger partial charge in [0.2, 0.25) is 0 Å². The van der Waals surface area contributed by atoms with Gasteiger partial charge < -0.3 is 5.32 Å². The average molecular weight is 295 g/mol. The van der Waals surface area contributed by atoms with Crippen LogP contribution in [0.2, 0.25) is 0 Å². The summed E-state index contributed by atoms with van der Waals surface area (Å²) in [5.74, 6) is -0.492. The van der Waals surface area contributed by atoms with Gasteiger partial charge in [0.25, 0.3) is 5.91 Å². The van der Waals surface area contributed by atoms with Gasteiger partial charge in [0.1, 0.15) is 0 Å². The molecule has 1 aromatic heterocycles. The van der Waals surface area contributed by atoms with Crippen molar-refractivity contribution in [3.8, 4) is 0 Å². The number of aromatic nitrogens is 2. The number of carbonyl (C=O) groups is 1. The normalized spacial score (nSPS) is 14.0. The predicted molar refractivity (Wildman–Crippen MR) is 70.0 cm³/mol. The Morgan fingerprint density at radius 3 is 2.86 bits per heavy atom. The van der Waals surface area contributed by atoms with Crippen molar-refractivity contribution in [3.05, 3.63) is 46.8 Å². The van der Waals surface area contributed by atoms with E-state index in [9.17, 15) is 18.0 Å². The van der Waals surface area contributed by atoms with Crippen LogP contribution >= 0.6 is 0 Å². The van der Waals surface area contributed by atoms with Crippen molar-refractivity contribution in [3.63, 3.8) is 0 Å². The SMILES string of the molecule is O=C(Nc1cccc(C(F)(F)F)c1)c1n[nH]c2c1CCC2. The first kappa shape index (κ1) is 13.7. The van der Waals surface area contributed by atoms with Crippen molar-refractivity contribution in [1.29, 1.82) is 0 Å². The van der Waals surface area contributed by atoms with Gasteiger partial charge in [0.05, 0.1) is 5.56 Å². The zero-order valence-electron chi connectivity index (χ0n) is 10.9. The fourth-order valence-electron chi connectivity index (χ4n) is 2.47. The Hall–Kier alpha value is -2.31. The maximum absolute atomic E-state index is 12.6. The van der Waals surface area contributed by atoms with E-state index in [2.05, 4.69) is 15.5 Å². The van der Waals surface area contributed by atoms with Crippen molar-refractivity contribution in [2.45, 2.75) is 25.4 Å². The highest BCUT2D eigenvalue weighted by atomic mass is 19.4. The summed E-state index contributed by atoms with van der Waals surface area (Å²) in [6.45, 7) is 0. The Balaban J connectivity index is 1.82. The van der Waals surface area contributed by atoms with Crippen LogP contribution in [0.5, 0.6) is 0 Å². The molecule has 0 saturated carbocycles. The third-order valence-corrected chi connectivity index (χ3v) is 3.47. The van der Waals surface area contributed by atoms with E-state index in [1.54, 1.807) is 0 Å². The second-order valence-electron chi connectivity index (χ2n) is 4.92. The molecule has 1 aliphatic carbocycles. The predicted octanol–water partition coefficient (Wildman–Crippen LogP) is 3.17. The van der Waals surface area contributed by atoms with Crippen molar-refractivity contribution in [1.82, 2.24) is 10.2 Å². The molecular formula is C14H12F3N3O. The largest absolute Gasteiger partial charge is 0.416 e. The number of alkyl halides is 3. The summed E-state index contributed by atoms with van der Waals surface area (Å²) in [6.07, 6.45) is -1.88. The molecule has 0 aliphatic heterocycles. The van der Waals surface area contributed by atoms with Crippen molar-refractivity contribution >= 4 is 11.6 Å². The fourth-order valence-corrected chi connectivity index (χ4v) is 2.47. The van der Waals surface area contributed by atoms with E-state index in [1.807, 2.05) is 0 Å². The molecule has 1 heterocycles. The maximum Gasteiger partial charge on any atom is 0.416 e. The summed E-state index contributed by atoms with van der Waals surface area (Å²) >= 11 is 0. The van der Waals surface area contributed by atoms with Crippen LogP contribution in [0.15, 0.2) is 24.3 Å².